The Morgan fingerprint density at radius 3 is 1.90 bits per heavy atom. The van der Waals surface area contributed by atoms with Gasteiger partial charge in [0.1, 0.15) is 0 Å². The van der Waals surface area contributed by atoms with E-state index in [0.717, 1.165) is 0 Å². The van der Waals surface area contributed by atoms with Gasteiger partial charge in [-0.05, 0) is 13.8 Å². The van der Waals surface area contributed by atoms with Gasteiger partial charge in [0.15, 0.2) is 9.84 Å². The Labute approximate surface area is 61.7 Å². The van der Waals surface area contributed by atoms with Crippen LogP contribution in [0.5, 0.6) is 0 Å². The Hall–Kier alpha value is -0.0900. The van der Waals surface area contributed by atoms with E-state index < -0.39 is 9.84 Å². The van der Waals surface area contributed by atoms with Crippen LogP contribution in [-0.2, 0) is 9.84 Å². The first-order valence-electron chi connectivity index (χ1n) is 3.46. The molecule has 0 radical (unpaired) electrons. The van der Waals surface area contributed by atoms with Gasteiger partial charge in [0, 0.05) is 12.1 Å². The van der Waals surface area contributed by atoms with Gasteiger partial charge in [-0.2, -0.15) is 0 Å². The molecule has 4 heteroatoms. The van der Waals surface area contributed by atoms with Gasteiger partial charge in [-0.3, -0.25) is 0 Å². The third kappa shape index (κ3) is 1.95. The highest BCUT2D eigenvalue weighted by atomic mass is 32.2. The summed E-state index contributed by atoms with van der Waals surface area (Å²) in [5.41, 5.74) is 0. The minimum atomic E-state index is -2.74. The minimum Gasteiger partial charge on any atom is -0.310 e. The number of nitrogens with one attached hydrogen (secondary N) is 1. The van der Waals surface area contributed by atoms with E-state index in [4.69, 9.17) is 0 Å². The lowest BCUT2D eigenvalue weighted by molar-refractivity contribution is 0.478. The number of rotatable bonds is 0. The summed E-state index contributed by atoms with van der Waals surface area (Å²) < 4.78 is 22.1. The molecule has 1 rings (SSSR count). The van der Waals surface area contributed by atoms with Gasteiger partial charge < -0.3 is 5.32 Å². The fourth-order valence-corrected chi connectivity index (χ4v) is 3.26. The van der Waals surface area contributed by atoms with Crippen molar-refractivity contribution in [2.75, 3.05) is 11.5 Å². The first kappa shape index (κ1) is 8.01. The molecule has 0 aromatic heterocycles. The minimum absolute atomic E-state index is 0.119. The predicted molar refractivity (Wildman–Crippen MR) is 40.7 cm³/mol. The van der Waals surface area contributed by atoms with Crippen LogP contribution in [0.4, 0.5) is 0 Å². The first-order valence-corrected chi connectivity index (χ1v) is 5.28. The Morgan fingerprint density at radius 2 is 1.60 bits per heavy atom. The van der Waals surface area contributed by atoms with E-state index in [2.05, 4.69) is 5.32 Å². The van der Waals surface area contributed by atoms with Crippen LogP contribution in [0, 0.1) is 0 Å². The first-order chi connectivity index (χ1) is 4.49. The molecular weight excluding hydrogens is 150 g/mol. The molecule has 60 valence electrons. The fraction of sp³-hybridized carbons (Fsp3) is 1.00. The molecule has 1 aliphatic heterocycles. The lowest BCUT2D eigenvalue weighted by atomic mass is 10.3. The highest BCUT2D eigenvalue weighted by Crippen LogP contribution is 2.05. The maximum Gasteiger partial charge on any atom is 0.153 e. The maximum absolute atomic E-state index is 11.0. The highest BCUT2D eigenvalue weighted by Gasteiger charge is 2.25. The molecule has 0 aromatic rings. The average Bonchev–Trinajstić information content (AvgIpc) is 1.54. The normalized spacial score (nSPS) is 39.4. The quantitative estimate of drug-likeness (QED) is 0.537. The summed E-state index contributed by atoms with van der Waals surface area (Å²) in [7, 11) is -2.74. The van der Waals surface area contributed by atoms with E-state index in [-0.39, 0.29) is 23.6 Å². The van der Waals surface area contributed by atoms with Crippen molar-refractivity contribution in [3.05, 3.63) is 0 Å². The summed E-state index contributed by atoms with van der Waals surface area (Å²) >= 11 is 0. The molecule has 0 amide bonds. The van der Waals surface area contributed by atoms with Crippen LogP contribution in [0.15, 0.2) is 0 Å². The lowest BCUT2D eigenvalue weighted by Gasteiger charge is -2.25. The average molecular weight is 163 g/mol. The molecule has 2 unspecified atom stereocenters. The molecule has 2 atom stereocenters. The monoisotopic (exact) mass is 163 g/mol. The van der Waals surface area contributed by atoms with Crippen LogP contribution in [0.3, 0.4) is 0 Å². The molecule has 0 saturated carbocycles. The van der Waals surface area contributed by atoms with E-state index in [1.165, 1.54) is 0 Å². The third-order valence-corrected chi connectivity index (χ3v) is 3.59. The van der Waals surface area contributed by atoms with Crippen LogP contribution in [-0.4, -0.2) is 32.0 Å². The van der Waals surface area contributed by atoms with Crippen molar-refractivity contribution in [3.8, 4) is 0 Å². The second-order valence-electron chi connectivity index (χ2n) is 3.05. The van der Waals surface area contributed by atoms with Crippen molar-refractivity contribution < 1.29 is 8.42 Å². The van der Waals surface area contributed by atoms with E-state index in [1.807, 2.05) is 13.8 Å². The molecule has 1 heterocycles. The standard InChI is InChI=1S/C6H13NO2S/c1-5-3-10(8,9)4-6(2)7-5/h5-7H,3-4H2,1-2H3. The molecule has 10 heavy (non-hydrogen) atoms. The van der Waals surface area contributed by atoms with Crippen LogP contribution in [0.2, 0.25) is 0 Å². The summed E-state index contributed by atoms with van der Waals surface area (Å²) in [5, 5.41) is 3.16. The summed E-state index contributed by atoms with van der Waals surface area (Å²) in [6, 6.07) is 0.238. The van der Waals surface area contributed by atoms with Gasteiger partial charge in [-0.1, -0.05) is 0 Å². The van der Waals surface area contributed by atoms with Gasteiger partial charge in [0.05, 0.1) is 11.5 Å². The summed E-state index contributed by atoms with van der Waals surface area (Å²) in [6.45, 7) is 3.79. The van der Waals surface area contributed by atoms with E-state index >= 15 is 0 Å². The van der Waals surface area contributed by atoms with Crippen LogP contribution < -0.4 is 5.32 Å². The van der Waals surface area contributed by atoms with Crippen molar-refractivity contribution in [3.63, 3.8) is 0 Å². The topological polar surface area (TPSA) is 46.2 Å². The van der Waals surface area contributed by atoms with E-state index in [9.17, 15) is 8.42 Å². The van der Waals surface area contributed by atoms with Crippen LogP contribution >= 0.6 is 0 Å². The smallest absolute Gasteiger partial charge is 0.153 e. The Kier molecular flexibility index (Phi) is 2.01. The van der Waals surface area contributed by atoms with Crippen molar-refractivity contribution in [1.82, 2.24) is 5.32 Å². The van der Waals surface area contributed by atoms with Gasteiger partial charge in [-0.25, -0.2) is 8.42 Å². The summed E-state index contributed by atoms with van der Waals surface area (Å²) in [4.78, 5) is 0. The molecule has 0 aliphatic carbocycles. The van der Waals surface area contributed by atoms with Gasteiger partial charge in [-0.15, -0.1) is 0 Å². The zero-order chi connectivity index (χ0) is 7.78. The second-order valence-corrected chi connectivity index (χ2v) is 5.20. The van der Waals surface area contributed by atoms with E-state index in [0.29, 0.717) is 0 Å². The largest absolute Gasteiger partial charge is 0.310 e. The lowest BCUT2D eigenvalue weighted by Crippen LogP contribution is -2.48. The Morgan fingerprint density at radius 1 is 1.20 bits per heavy atom. The zero-order valence-corrected chi connectivity index (χ0v) is 7.11. The SMILES string of the molecule is CC1CS(=O)(=O)CC(C)N1. The zero-order valence-electron chi connectivity index (χ0n) is 6.29. The predicted octanol–water partition coefficient (Wildman–Crippen LogP) is -0.219. The highest BCUT2D eigenvalue weighted by molar-refractivity contribution is 7.91. The number of hydrogen-bond donors (Lipinski definition) is 1. The molecule has 1 saturated heterocycles. The van der Waals surface area contributed by atoms with Crippen LogP contribution in [0.1, 0.15) is 13.8 Å². The van der Waals surface area contributed by atoms with E-state index in [1.54, 1.807) is 0 Å². The molecule has 1 N–H and O–H groups in total. The number of hydrogen-bond acceptors (Lipinski definition) is 3. The molecule has 0 spiro atoms. The molecular formula is C6H13NO2S. The molecule has 1 fully saturated rings. The summed E-state index contributed by atoms with van der Waals surface area (Å²) in [6.07, 6.45) is 0. The Balaban J connectivity index is 2.69. The Bertz CT molecular complexity index is 194. The van der Waals surface area contributed by atoms with Gasteiger partial charge >= 0.3 is 0 Å². The fourth-order valence-electron chi connectivity index (χ4n) is 1.41. The molecule has 0 bridgehead atoms. The number of sulfone groups is 1. The third-order valence-electron chi connectivity index (χ3n) is 1.58. The maximum atomic E-state index is 11.0. The molecule has 0 aromatic carbocycles. The summed E-state index contributed by atoms with van der Waals surface area (Å²) in [5.74, 6) is 0.578. The van der Waals surface area contributed by atoms with Gasteiger partial charge in [0.25, 0.3) is 0 Å². The second kappa shape index (κ2) is 2.51. The van der Waals surface area contributed by atoms with Crippen molar-refractivity contribution in [2.45, 2.75) is 25.9 Å². The van der Waals surface area contributed by atoms with Gasteiger partial charge in [0.2, 0.25) is 0 Å². The van der Waals surface area contributed by atoms with Crippen molar-refractivity contribution in [1.29, 1.82) is 0 Å². The van der Waals surface area contributed by atoms with Crippen LogP contribution in [0.25, 0.3) is 0 Å². The van der Waals surface area contributed by atoms with Crippen molar-refractivity contribution >= 4 is 9.84 Å². The molecule has 1 aliphatic rings. The molecule has 3 nitrogen and oxygen atoms in total. The van der Waals surface area contributed by atoms with Crippen molar-refractivity contribution in [2.24, 2.45) is 0 Å².